The van der Waals surface area contributed by atoms with Crippen molar-refractivity contribution < 1.29 is 23.1 Å². The van der Waals surface area contributed by atoms with E-state index in [0.29, 0.717) is 48.9 Å². The van der Waals surface area contributed by atoms with Crippen LogP contribution in [0.1, 0.15) is 74.7 Å². The molecule has 1 aliphatic rings. The number of amides is 2. The Kier molecular flexibility index (Phi) is 13.8. The number of pyridine rings is 2. The highest BCUT2D eigenvalue weighted by atomic mass is 19.1. The molecule has 0 atom stereocenters. The summed E-state index contributed by atoms with van der Waals surface area (Å²) in [4.78, 5) is 34.2. The molecule has 1 saturated heterocycles. The maximum Gasteiger partial charge on any atom is 0.255 e. The maximum absolute atomic E-state index is 14.7. The van der Waals surface area contributed by atoms with Crippen molar-refractivity contribution >= 4 is 45.6 Å². The number of nitriles is 1. The Labute approximate surface area is 365 Å². The zero-order valence-corrected chi connectivity index (χ0v) is 35.9. The first-order chi connectivity index (χ1) is 30.5. The number of rotatable bonds is 19. The number of anilines is 3. The molecule has 6 aromatic rings. The molecule has 1 fully saturated rings. The van der Waals surface area contributed by atoms with Crippen LogP contribution < -0.4 is 30.9 Å². The fraction of sp³-hybridized carbons (Fsp3) is 0.362. The molecule has 0 unspecified atom stereocenters. The van der Waals surface area contributed by atoms with E-state index in [1.165, 1.54) is 6.20 Å². The lowest BCUT2D eigenvalue weighted by atomic mass is 9.85. The van der Waals surface area contributed by atoms with Gasteiger partial charge in [0.25, 0.3) is 5.91 Å². The van der Waals surface area contributed by atoms with E-state index in [9.17, 15) is 23.6 Å². The number of hydrogen-bond donors (Lipinski definition) is 4. The Morgan fingerprint density at radius 2 is 1.76 bits per heavy atom. The summed E-state index contributed by atoms with van der Waals surface area (Å²) in [5, 5.41) is 32.5. The quantitative estimate of drug-likeness (QED) is 0.0467. The van der Waals surface area contributed by atoms with Crippen molar-refractivity contribution in [3.8, 4) is 22.9 Å². The Bertz CT molecular complexity index is 2640. The maximum atomic E-state index is 14.7. The van der Waals surface area contributed by atoms with E-state index in [1.807, 2.05) is 48.7 Å². The van der Waals surface area contributed by atoms with Crippen molar-refractivity contribution in [2.45, 2.75) is 64.3 Å². The van der Waals surface area contributed by atoms with Crippen LogP contribution in [-0.4, -0.2) is 81.1 Å². The molecule has 0 radical (unpaired) electrons. The molecule has 5 heterocycles. The van der Waals surface area contributed by atoms with E-state index in [1.54, 1.807) is 16.9 Å². The predicted molar refractivity (Wildman–Crippen MR) is 241 cm³/mol. The van der Waals surface area contributed by atoms with Crippen LogP contribution in [0.15, 0.2) is 85.3 Å². The summed E-state index contributed by atoms with van der Waals surface area (Å²) in [5.41, 5.74) is 3.90. The molecule has 1 aliphatic heterocycles. The van der Waals surface area contributed by atoms with Crippen molar-refractivity contribution in [2.75, 3.05) is 54.9 Å². The number of nitrogens with zero attached hydrogens (tertiary/aromatic N) is 7. The van der Waals surface area contributed by atoms with Crippen molar-refractivity contribution in [3.05, 3.63) is 108 Å². The molecule has 4 N–H and O–H groups in total. The van der Waals surface area contributed by atoms with Gasteiger partial charge in [0, 0.05) is 68.2 Å². The third-order valence-electron chi connectivity index (χ3n) is 11.4. The summed E-state index contributed by atoms with van der Waals surface area (Å²) in [6, 6.07) is 16.8. The minimum atomic E-state index is -1.37. The van der Waals surface area contributed by atoms with Gasteiger partial charge in [-0.05, 0) is 101 Å². The summed E-state index contributed by atoms with van der Waals surface area (Å²) in [6.45, 7) is 11.0. The van der Waals surface area contributed by atoms with E-state index in [4.69, 9.17) is 9.72 Å². The first-order valence-corrected chi connectivity index (χ1v) is 21.4. The fourth-order valence-electron chi connectivity index (χ4n) is 7.96. The van der Waals surface area contributed by atoms with E-state index in [2.05, 4.69) is 62.3 Å². The van der Waals surface area contributed by atoms with Gasteiger partial charge in [-0.1, -0.05) is 18.4 Å². The molecular weight excluding hydrogens is 805 g/mol. The minimum absolute atomic E-state index is 0.201. The number of hydrogen-bond acceptors (Lipinski definition) is 10. The molecule has 0 bridgehead atoms. The van der Waals surface area contributed by atoms with E-state index < -0.39 is 28.6 Å². The molecule has 7 rings (SSSR count). The molecule has 2 amide bonds. The molecule has 0 aliphatic carbocycles. The Balaban J connectivity index is 0.941. The number of fused-ring (bicyclic) bond motifs is 2. The zero-order chi connectivity index (χ0) is 44.5. The van der Waals surface area contributed by atoms with Crippen LogP contribution >= 0.6 is 0 Å². The van der Waals surface area contributed by atoms with Gasteiger partial charge in [0.05, 0.1) is 41.2 Å². The van der Waals surface area contributed by atoms with Gasteiger partial charge < -0.3 is 30.9 Å². The molecule has 328 valence electrons. The number of aryl methyl sites for hydroxylation is 1. The monoisotopic (exact) mass is 857 g/mol. The van der Waals surface area contributed by atoms with Gasteiger partial charge in [-0.2, -0.15) is 15.5 Å². The molecule has 16 heteroatoms. The number of nitrogens with one attached hydrogen (secondary N) is 4. The van der Waals surface area contributed by atoms with Gasteiger partial charge in [-0.15, -0.1) is 6.58 Å². The van der Waals surface area contributed by atoms with Crippen LogP contribution in [-0.2, 0) is 11.8 Å². The Morgan fingerprint density at radius 1 is 0.968 bits per heavy atom. The van der Waals surface area contributed by atoms with Crippen molar-refractivity contribution in [3.63, 3.8) is 0 Å². The van der Waals surface area contributed by atoms with Crippen molar-refractivity contribution in [2.24, 2.45) is 7.05 Å². The highest BCUT2D eigenvalue weighted by Crippen LogP contribution is 2.33. The average molecular weight is 858 g/mol. The van der Waals surface area contributed by atoms with E-state index in [-0.39, 0.29) is 18.7 Å². The van der Waals surface area contributed by atoms with Gasteiger partial charge >= 0.3 is 0 Å². The molecule has 2 aromatic carbocycles. The molecule has 4 aromatic heterocycles. The average Bonchev–Trinajstić information content (AvgIpc) is 3.84. The molecule has 0 spiro atoms. The molecule has 0 saturated carbocycles. The van der Waals surface area contributed by atoms with Gasteiger partial charge in [-0.3, -0.25) is 14.3 Å². The lowest BCUT2D eigenvalue weighted by Gasteiger charge is -2.41. The summed E-state index contributed by atoms with van der Waals surface area (Å²) >= 11 is 0. The van der Waals surface area contributed by atoms with Crippen LogP contribution in [0.5, 0.6) is 5.75 Å². The minimum Gasteiger partial charge on any atom is -0.492 e. The largest absolute Gasteiger partial charge is 0.492 e. The van der Waals surface area contributed by atoms with Crippen molar-refractivity contribution in [1.82, 2.24) is 35.0 Å². The SMILES string of the molecule is C=C(C)CCNc1nn(C)c2cc(NCCCCCCNC(=O)C3(NC(=O)c4cc(F)ccc4F)CCN(c4ccc(-c5cc(OCC)cn6ncc(C#N)c56)cn4)CC3)ccc12. The van der Waals surface area contributed by atoms with Crippen LogP contribution in [0.4, 0.5) is 26.1 Å². The van der Waals surface area contributed by atoms with Crippen LogP contribution in [0.25, 0.3) is 27.5 Å². The summed E-state index contributed by atoms with van der Waals surface area (Å²) in [5.74, 6) is -0.746. The van der Waals surface area contributed by atoms with Crippen LogP contribution in [0, 0.1) is 23.0 Å². The summed E-state index contributed by atoms with van der Waals surface area (Å²) in [7, 11) is 1.94. The number of aromatic nitrogens is 5. The van der Waals surface area contributed by atoms with Crippen molar-refractivity contribution in [1.29, 1.82) is 5.26 Å². The van der Waals surface area contributed by atoms with E-state index >= 15 is 0 Å². The second-order valence-corrected chi connectivity index (χ2v) is 16.0. The highest BCUT2D eigenvalue weighted by molar-refractivity contribution is 5.99. The first-order valence-electron chi connectivity index (χ1n) is 21.4. The Hall–Kier alpha value is -7.02. The lowest BCUT2D eigenvalue weighted by Crippen LogP contribution is -2.63. The summed E-state index contributed by atoms with van der Waals surface area (Å²) < 4.78 is 38.1. The normalized spacial score (nSPS) is 13.4. The van der Waals surface area contributed by atoms with Gasteiger partial charge in [0.1, 0.15) is 34.8 Å². The first kappa shape index (κ1) is 44.0. The van der Waals surface area contributed by atoms with Crippen LogP contribution in [0.2, 0.25) is 0 Å². The number of benzene rings is 2. The number of ether oxygens (including phenoxy) is 1. The molecule has 14 nitrogen and oxygen atoms in total. The predicted octanol–water partition coefficient (Wildman–Crippen LogP) is 7.77. The summed E-state index contributed by atoms with van der Waals surface area (Å²) in [6.07, 6.45) is 9.74. The fourth-order valence-corrected chi connectivity index (χ4v) is 7.96. The van der Waals surface area contributed by atoms with Crippen LogP contribution in [0.3, 0.4) is 0 Å². The number of piperidine rings is 1. The molecule has 63 heavy (non-hydrogen) atoms. The third-order valence-corrected chi connectivity index (χ3v) is 11.4. The lowest BCUT2D eigenvalue weighted by molar-refractivity contribution is -0.128. The topological polar surface area (TPSA) is 167 Å². The van der Waals surface area contributed by atoms with Gasteiger partial charge in [-0.25, -0.2) is 18.3 Å². The number of carbonyl (C=O) groups excluding carboxylic acids is 2. The third kappa shape index (κ3) is 10.2. The second-order valence-electron chi connectivity index (χ2n) is 16.0. The zero-order valence-electron chi connectivity index (χ0n) is 35.9. The second kappa shape index (κ2) is 19.8. The number of carbonyl (C=O) groups is 2. The standard InChI is InChI=1S/C47H53F2N11O3/c1-5-63-36-26-38(43-33(27-50)29-55-60(43)30-36)32-10-15-42(54-28-32)59-22-17-47(18-23-59,56-45(61)39-24-34(48)11-14-40(39)49)46(62)53-20-9-7-6-8-19-51-35-12-13-37-41(25-35)58(4)57-44(37)52-21-16-31(2)3/h10-15,24-26,28-30,51H,2,5-9,16-23H2,1,3-4H3,(H,52,57)(H,53,62)(H,56,61). The highest BCUT2D eigenvalue weighted by Gasteiger charge is 2.43. The molecular formula is C47H53F2N11O3. The smallest absolute Gasteiger partial charge is 0.255 e. The number of halogens is 2. The van der Waals surface area contributed by atoms with Gasteiger partial charge in [0.15, 0.2) is 5.82 Å². The van der Waals surface area contributed by atoms with Gasteiger partial charge in [0.2, 0.25) is 5.91 Å². The number of unbranched alkanes of at least 4 members (excludes halogenated alkanes) is 3. The van der Waals surface area contributed by atoms with E-state index in [0.717, 1.165) is 103 Å². The Morgan fingerprint density at radius 3 is 2.49 bits per heavy atom.